The highest BCUT2D eigenvalue weighted by Gasteiger charge is 2.37. The molecule has 188 valence electrons. The van der Waals surface area contributed by atoms with Crippen molar-refractivity contribution < 1.29 is 4.79 Å². The molecule has 0 spiro atoms. The molecule has 0 heterocycles. The Hall–Kier alpha value is -1.18. The summed E-state index contributed by atoms with van der Waals surface area (Å²) in [4.78, 5) is 12.6. The fourth-order valence-corrected chi connectivity index (χ4v) is 7.32. The molecule has 4 aliphatic carbocycles. The summed E-state index contributed by atoms with van der Waals surface area (Å²) in [6.07, 6.45) is 16.7. The summed E-state index contributed by atoms with van der Waals surface area (Å²) in [5.41, 5.74) is 11.9. The third-order valence-electron chi connectivity index (χ3n) is 9.32. The van der Waals surface area contributed by atoms with Crippen LogP contribution in [0.15, 0.2) is 0 Å². The van der Waals surface area contributed by atoms with Crippen molar-refractivity contribution in [1.29, 1.82) is 5.41 Å². The van der Waals surface area contributed by atoms with Crippen LogP contribution in [-0.2, 0) is 4.79 Å². The highest BCUT2D eigenvalue weighted by atomic mass is 16.2. The Labute approximate surface area is 200 Å². The summed E-state index contributed by atoms with van der Waals surface area (Å²) < 4.78 is 0. The standard InChI is InChI=1S/C26H48N6O/c27-20-9-11-21(12-10-20)32-25(33)16-31-24-14-18(26(28)29)8-13-23(24)30-15-19-6-3-5-17-4-1-2-7-22(17)19/h17-24,30-31H,1-16,27H2,(H3,28,29)(H,32,33). The monoisotopic (exact) mass is 460 g/mol. The quantitative estimate of drug-likeness (QED) is 0.245. The normalized spacial score (nSPS) is 39.4. The van der Waals surface area contributed by atoms with Gasteiger partial charge in [-0.2, -0.15) is 0 Å². The van der Waals surface area contributed by atoms with Crippen molar-refractivity contribution in [3.63, 3.8) is 0 Å². The van der Waals surface area contributed by atoms with Gasteiger partial charge in [0.1, 0.15) is 0 Å². The molecule has 0 saturated heterocycles. The van der Waals surface area contributed by atoms with E-state index in [9.17, 15) is 4.79 Å². The summed E-state index contributed by atoms with van der Waals surface area (Å²) in [6, 6.07) is 1.09. The van der Waals surface area contributed by atoms with Crippen LogP contribution in [-0.4, -0.2) is 49.0 Å². The highest BCUT2D eigenvalue weighted by Crippen LogP contribution is 2.43. The van der Waals surface area contributed by atoms with Gasteiger partial charge < -0.3 is 27.4 Å². The van der Waals surface area contributed by atoms with E-state index < -0.39 is 0 Å². The van der Waals surface area contributed by atoms with Gasteiger partial charge >= 0.3 is 0 Å². The molecular formula is C26H48N6O. The number of nitrogens with two attached hydrogens (primary N) is 2. The summed E-state index contributed by atoms with van der Waals surface area (Å²) in [7, 11) is 0. The first-order valence-corrected chi connectivity index (χ1v) is 13.8. The molecule has 7 nitrogen and oxygen atoms in total. The van der Waals surface area contributed by atoms with Crippen LogP contribution < -0.4 is 27.4 Å². The zero-order valence-electron chi connectivity index (χ0n) is 20.5. The molecule has 4 aliphatic rings. The van der Waals surface area contributed by atoms with Crippen LogP contribution in [0.2, 0.25) is 0 Å². The molecule has 6 atom stereocenters. The molecule has 4 fully saturated rings. The smallest absolute Gasteiger partial charge is 0.234 e. The molecule has 0 aromatic carbocycles. The summed E-state index contributed by atoms with van der Waals surface area (Å²) >= 11 is 0. The first kappa shape index (κ1) is 24.9. The average Bonchev–Trinajstić information content (AvgIpc) is 2.83. The van der Waals surface area contributed by atoms with E-state index in [1.807, 2.05) is 0 Å². The lowest BCUT2D eigenvalue weighted by molar-refractivity contribution is -0.121. The van der Waals surface area contributed by atoms with E-state index in [0.717, 1.165) is 69.2 Å². The van der Waals surface area contributed by atoms with Crippen molar-refractivity contribution in [1.82, 2.24) is 16.0 Å². The molecule has 6 unspecified atom stereocenters. The molecular weight excluding hydrogens is 412 g/mol. The second kappa shape index (κ2) is 12.0. The highest BCUT2D eigenvalue weighted by molar-refractivity contribution is 5.80. The summed E-state index contributed by atoms with van der Waals surface area (Å²) in [6.45, 7) is 1.44. The van der Waals surface area contributed by atoms with Gasteiger partial charge in [0.05, 0.1) is 12.4 Å². The fourth-order valence-electron chi connectivity index (χ4n) is 7.32. The topological polar surface area (TPSA) is 129 Å². The molecule has 7 heteroatoms. The van der Waals surface area contributed by atoms with Crippen molar-refractivity contribution in [2.24, 2.45) is 35.1 Å². The Morgan fingerprint density at radius 3 is 2.39 bits per heavy atom. The van der Waals surface area contributed by atoms with Crippen LogP contribution in [0.3, 0.4) is 0 Å². The van der Waals surface area contributed by atoms with E-state index >= 15 is 0 Å². The van der Waals surface area contributed by atoms with Crippen LogP contribution in [0.5, 0.6) is 0 Å². The lowest BCUT2D eigenvalue weighted by Gasteiger charge is -2.43. The molecule has 0 bridgehead atoms. The molecule has 1 amide bonds. The number of hydrogen-bond donors (Lipinski definition) is 6. The number of nitrogens with one attached hydrogen (secondary N) is 4. The van der Waals surface area contributed by atoms with Gasteiger partial charge in [0, 0.05) is 30.1 Å². The van der Waals surface area contributed by atoms with E-state index in [4.69, 9.17) is 16.9 Å². The summed E-state index contributed by atoms with van der Waals surface area (Å²) in [5, 5.41) is 18.6. The molecule has 0 aromatic rings. The number of rotatable bonds is 8. The zero-order valence-corrected chi connectivity index (χ0v) is 20.5. The van der Waals surface area contributed by atoms with Gasteiger partial charge in [0.15, 0.2) is 0 Å². The summed E-state index contributed by atoms with van der Waals surface area (Å²) in [5.74, 6) is 3.17. The molecule has 0 radical (unpaired) electrons. The Bertz CT molecular complexity index is 647. The average molecular weight is 461 g/mol. The van der Waals surface area contributed by atoms with E-state index in [1.165, 1.54) is 44.9 Å². The third kappa shape index (κ3) is 6.92. The fraction of sp³-hybridized carbons (Fsp3) is 0.923. The van der Waals surface area contributed by atoms with E-state index in [-0.39, 0.29) is 23.9 Å². The van der Waals surface area contributed by atoms with Gasteiger partial charge in [0.25, 0.3) is 0 Å². The lowest BCUT2D eigenvalue weighted by atomic mass is 9.65. The van der Waals surface area contributed by atoms with Crippen molar-refractivity contribution >= 4 is 11.7 Å². The molecule has 4 saturated carbocycles. The third-order valence-corrected chi connectivity index (χ3v) is 9.32. The number of carbonyl (C=O) groups excluding carboxylic acids is 1. The maximum Gasteiger partial charge on any atom is 0.234 e. The maximum absolute atomic E-state index is 12.6. The van der Waals surface area contributed by atoms with Crippen LogP contribution in [0.1, 0.15) is 89.9 Å². The minimum atomic E-state index is 0.0801. The van der Waals surface area contributed by atoms with Crippen molar-refractivity contribution in [2.45, 2.75) is 114 Å². The Morgan fingerprint density at radius 1 is 0.848 bits per heavy atom. The lowest BCUT2D eigenvalue weighted by Crippen LogP contribution is -2.56. The molecule has 4 rings (SSSR count). The number of hydrogen-bond acceptors (Lipinski definition) is 5. The molecule has 0 aliphatic heterocycles. The van der Waals surface area contributed by atoms with Crippen LogP contribution in [0, 0.1) is 29.1 Å². The van der Waals surface area contributed by atoms with Crippen molar-refractivity contribution in [3.8, 4) is 0 Å². The molecule has 33 heavy (non-hydrogen) atoms. The zero-order chi connectivity index (χ0) is 23.2. The van der Waals surface area contributed by atoms with E-state index in [1.54, 1.807) is 0 Å². The predicted octanol–water partition coefficient (Wildman–Crippen LogP) is 2.63. The largest absolute Gasteiger partial charge is 0.387 e. The van der Waals surface area contributed by atoms with Crippen molar-refractivity contribution in [2.75, 3.05) is 13.1 Å². The number of amidine groups is 1. The predicted molar refractivity (Wildman–Crippen MR) is 134 cm³/mol. The second-order valence-electron chi connectivity index (χ2n) is 11.5. The minimum absolute atomic E-state index is 0.0801. The van der Waals surface area contributed by atoms with Gasteiger partial charge in [-0.15, -0.1) is 0 Å². The second-order valence-corrected chi connectivity index (χ2v) is 11.5. The van der Waals surface area contributed by atoms with Gasteiger partial charge in [-0.3, -0.25) is 10.2 Å². The first-order chi connectivity index (χ1) is 16.0. The molecule has 8 N–H and O–H groups in total. The number of carbonyl (C=O) groups is 1. The first-order valence-electron chi connectivity index (χ1n) is 13.8. The Balaban J connectivity index is 1.28. The van der Waals surface area contributed by atoms with Gasteiger partial charge in [-0.05, 0) is 82.1 Å². The van der Waals surface area contributed by atoms with Crippen LogP contribution >= 0.6 is 0 Å². The number of fused-ring (bicyclic) bond motifs is 1. The van der Waals surface area contributed by atoms with Crippen molar-refractivity contribution in [3.05, 3.63) is 0 Å². The minimum Gasteiger partial charge on any atom is -0.387 e. The van der Waals surface area contributed by atoms with E-state index in [2.05, 4.69) is 16.0 Å². The number of amides is 1. The van der Waals surface area contributed by atoms with Gasteiger partial charge in [0.2, 0.25) is 5.91 Å². The van der Waals surface area contributed by atoms with Gasteiger partial charge in [-0.1, -0.05) is 32.1 Å². The van der Waals surface area contributed by atoms with Crippen LogP contribution in [0.25, 0.3) is 0 Å². The maximum atomic E-state index is 12.6. The Kier molecular flexibility index (Phi) is 9.05. The SMILES string of the molecule is N=C(N)C1CCC(NCC2CCCC3CCCCC32)C(NCC(=O)NC2CCC(N)CC2)C1. The van der Waals surface area contributed by atoms with Crippen LogP contribution in [0.4, 0.5) is 0 Å². The van der Waals surface area contributed by atoms with E-state index in [0.29, 0.717) is 24.5 Å². The van der Waals surface area contributed by atoms with Gasteiger partial charge in [-0.25, -0.2) is 0 Å². The Morgan fingerprint density at radius 2 is 1.61 bits per heavy atom. The molecule has 0 aromatic heterocycles.